The SMILES string of the molecule is COC1=C(C)NC(=O)N(C(=O)OCCCN2CCC(c3ccccn3)CC2)C1C. The topological polar surface area (TPSA) is 84.0 Å². The van der Waals surface area contributed by atoms with Crippen LogP contribution in [0.4, 0.5) is 9.59 Å². The van der Waals surface area contributed by atoms with E-state index in [0.29, 0.717) is 17.4 Å². The molecular formula is C21H30N4O4. The Hall–Kier alpha value is -2.61. The van der Waals surface area contributed by atoms with E-state index in [-0.39, 0.29) is 6.61 Å². The Morgan fingerprint density at radius 2 is 2.07 bits per heavy atom. The van der Waals surface area contributed by atoms with Crippen LogP contribution in [0.5, 0.6) is 0 Å². The zero-order chi connectivity index (χ0) is 20.8. The summed E-state index contributed by atoms with van der Waals surface area (Å²) in [5, 5.41) is 2.63. The summed E-state index contributed by atoms with van der Waals surface area (Å²) in [6, 6.07) is 5.11. The van der Waals surface area contributed by atoms with Crippen molar-refractivity contribution in [1.29, 1.82) is 0 Å². The first-order valence-corrected chi connectivity index (χ1v) is 10.2. The van der Waals surface area contributed by atoms with E-state index >= 15 is 0 Å². The van der Waals surface area contributed by atoms with Crippen LogP contribution < -0.4 is 5.32 Å². The molecule has 0 spiro atoms. The Labute approximate surface area is 171 Å². The number of allylic oxidation sites excluding steroid dienone is 1. The van der Waals surface area contributed by atoms with Crippen molar-refractivity contribution in [3.05, 3.63) is 41.5 Å². The van der Waals surface area contributed by atoms with Gasteiger partial charge in [0.25, 0.3) is 0 Å². The zero-order valence-corrected chi connectivity index (χ0v) is 17.4. The number of amides is 3. The highest BCUT2D eigenvalue weighted by atomic mass is 16.6. The third kappa shape index (κ3) is 5.06. The molecule has 2 aliphatic heterocycles. The number of aromatic nitrogens is 1. The standard InChI is InChI=1S/C21H30N4O4/c1-15-19(28-3)16(2)25(20(26)23-15)21(27)29-14-6-11-24-12-8-17(9-13-24)18-7-4-5-10-22-18/h4-5,7,10,16-17H,6,8-9,11-14H2,1-3H3,(H,23,26). The number of ether oxygens (including phenoxy) is 2. The second kappa shape index (κ2) is 9.73. The van der Waals surface area contributed by atoms with Gasteiger partial charge in [-0.05, 0) is 58.3 Å². The van der Waals surface area contributed by atoms with Crippen LogP contribution in [0.3, 0.4) is 0 Å². The monoisotopic (exact) mass is 402 g/mol. The molecule has 1 unspecified atom stereocenters. The fraction of sp³-hybridized carbons (Fsp3) is 0.571. The van der Waals surface area contributed by atoms with Crippen molar-refractivity contribution in [2.45, 2.75) is 45.1 Å². The first-order chi connectivity index (χ1) is 14.0. The molecule has 3 amide bonds. The molecule has 2 aliphatic rings. The normalized spacial score (nSPS) is 21.1. The average molecular weight is 402 g/mol. The Morgan fingerprint density at radius 3 is 2.72 bits per heavy atom. The summed E-state index contributed by atoms with van der Waals surface area (Å²) < 4.78 is 10.6. The second-order valence-corrected chi connectivity index (χ2v) is 7.51. The highest BCUT2D eigenvalue weighted by molar-refractivity contribution is 5.93. The molecule has 3 rings (SSSR count). The summed E-state index contributed by atoms with van der Waals surface area (Å²) in [5.41, 5.74) is 1.79. The molecule has 1 N–H and O–H groups in total. The molecule has 1 fully saturated rings. The van der Waals surface area contributed by atoms with Gasteiger partial charge >= 0.3 is 12.1 Å². The Balaban J connectivity index is 1.39. The Bertz CT molecular complexity index is 744. The lowest BCUT2D eigenvalue weighted by Gasteiger charge is -2.33. The van der Waals surface area contributed by atoms with Crippen molar-refractivity contribution in [3.63, 3.8) is 0 Å². The number of likely N-dealkylation sites (tertiary alicyclic amines) is 1. The predicted octanol–water partition coefficient (Wildman–Crippen LogP) is 3.08. The van der Waals surface area contributed by atoms with Crippen LogP contribution in [0.1, 0.15) is 44.7 Å². The van der Waals surface area contributed by atoms with Crippen LogP contribution in [0.25, 0.3) is 0 Å². The lowest BCUT2D eigenvalue weighted by molar-refractivity contribution is 0.0847. The van der Waals surface area contributed by atoms with Gasteiger partial charge in [0.2, 0.25) is 0 Å². The van der Waals surface area contributed by atoms with Gasteiger partial charge < -0.3 is 19.7 Å². The molecule has 0 aliphatic carbocycles. The number of nitrogens with zero attached hydrogens (tertiary/aromatic N) is 3. The first-order valence-electron chi connectivity index (χ1n) is 10.2. The highest BCUT2D eigenvalue weighted by Crippen LogP contribution is 2.26. The minimum atomic E-state index is -0.647. The van der Waals surface area contributed by atoms with E-state index < -0.39 is 18.2 Å². The van der Waals surface area contributed by atoms with Crippen LogP contribution >= 0.6 is 0 Å². The van der Waals surface area contributed by atoms with Crippen LogP contribution in [-0.2, 0) is 9.47 Å². The molecule has 0 saturated carbocycles. The number of methoxy groups -OCH3 is 1. The molecule has 29 heavy (non-hydrogen) atoms. The number of piperidine rings is 1. The second-order valence-electron chi connectivity index (χ2n) is 7.51. The molecule has 8 heteroatoms. The van der Waals surface area contributed by atoms with E-state index in [2.05, 4.69) is 21.3 Å². The van der Waals surface area contributed by atoms with Gasteiger partial charge in [-0.1, -0.05) is 6.07 Å². The van der Waals surface area contributed by atoms with Crippen LogP contribution in [-0.4, -0.2) is 66.3 Å². The van der Waals surface area contributed by atoms with Gasteiger partial charge in [0.05, 0.1) is 19.4 Å². The quantitative estimate of drug-likeness (QED) is 0.736. The maximum absolute atomic E-state index is 12.4. The molecule has 1 aromatic heterocycles. The minimum absolute atomic E-state index is 0.278. The number of urea groups is 1. The number of pyridine rings is 1. The third-order valence-electron chi connectivity index (χ3n) is 5.60. The number of carbonyl (C=O) groups is 2. The van der Waals surface area contributed by atoms with E-state index in [9.17, 15) is 9.59 Å². The van der Waals surface area contributed by atoms with E-state index in [1.807, 2.05) is 18.3 Å². The molecule has 0 aromatic carbocycles. The van der Waals surface area contributed by atoms with Crippen molar-refractivity contribution >= 4 is 12.1 Å². The Morgan fingerprint density at radius 1 is 1.31 bits per heavy atom. The van der Waals surface area contributed by atoms with Crippen molar-refractivity contribution in [1.82, 2.24) is 20.1 Å². The number of carbonyl (C=O) groups excluding carboxylic acids is 2. The van der Waals surface area contributed by atoms with Gasteiger partial charge in [0.1, 0.15) is 11.8 Å². The summed E-state index contributed by atoms with van der Waals surface area (Å²) in [7, 11) is 1.52. The number of imide groups is 1. The maximum Gasteiger partial charge on any atom is 0.418 e. The lowest BCUT2D eigenvalue weighted by atomic mass is 9.93. The maximum atomic E-state index is 12.4. The van der Waals surface area contributed by atoms with Crippen molar-refractivity contribution in [3.8, 4) is 0 Å². The molecule has 0 bridgehead atoms. The number of hydrogen-bond acceptors (Lipinski definition) is 6. The summed E-state index contributed by atoms with van der Waals surface area (Å²) >= 11 is 0. The van der Waals surface area contributed by atoms with Crippen molar-refractivity contribution in [2.24, 2.45) is 0 Å². The smallest absolute Gasteiger partial charge is 0.418 e. The van der Waals surface area contributed by atoms with Gasteiger partial charge in [-0.25, -0.2) is 14.5 Å². The summed E-state index contributed by atoms with van der Waals surface area (Å²) in [6.07, 6.45) is 4.12. The fourth-order valence-corrected chi connectivity index (χ4v) is 4.04. The summed E-state index contributed by atoms with van der Waals surface area (Å²) in [5.74, 6) is 1.08. The molecule has 1 atom stereocenters. The predicted molar refractivity (Wildman–Crippen MR) is 108 cm³/mol. The summed E-state index contributed by atoms with van der Waals surface area (Å²) in [4.78, 5) is 32.5. The first kappa shape index (κ1) is 21.1. The van der Waals surface area contributed by atoms with E-state index in [1.165, 1.54) is 12.8 Å². The van der Waals surface area contributed by atoms with Gasteiger partial charge in [0.15, 0.2) is 0 Å². The highest BCUT2D eigenvalue weighted by Gasteiger charge is 2.36. The van der Waals surface area contributed by atoms with E-state index in [4.69, 9.17) is 9.47 Å². The van der Waals surface area contributed by atoms with Crippen LogP contribution in [0.2, 0.25) is 0 Å². The molecule has 1 saturated heterocycles. The molecule has 8 nitrogen and oxygen atoms in total. The average Bonchev–Trinajstić information content (AvgIpc) is 2.72. The molecule has 1 aromatic rings. The molecule has 0 radical (unpaired) electrons. The number of hydrogen-bond donors (Lipinski definition) is 1. The van der Waals surface area contributed by atoms with Crippen molar-refractivity contribution < 1.29 is 19.1 Å². The van der Waals surface area contributed by atoms with Gasteiger partial charge in [-0.2, -0.15) is 0 Å². The number of nitrogens with one attached hydrogen (secondary N) is 1. The minimum Gasteiger partial charge on any atom is -0.497 e. The van der Waals surface area contributed by atoms with E-state index in [1.54, 1.807) is 13.8 Å². The largest absolute Gasteiger partial charge is 0.497 e. The fourth-order valence-electron chi connectivity index (χ4n) is 4.04. The zero-order valence-electron chi connectivity index (χ0n) is 17.4. The summed E-state index contributed by atoms with van der Waals surface area (Å²) in [6.45, 7) is 6.66. The van der Waals surface area contributed by atoms with Crippen molar-refractivity contribution in [2.75, 3.05) is 33.4 Å². The number of rotatable bonds is 6. The molecule has 158 valence electrons. The van der Waals surface area contributed by atoms with Gasteiger partial charge in [-0.3, -0.25) is 4.98 Å². The van der Waals surface area contributed by atoms with Gasteiger partial charge in [0, 0.05) is 24.4 Å². The third-order valence-corrected chi connectivity index (χ3v) is 5.60. The van der Waals surface area contributed by atoms with Gasteiger partial charge in [-0.15, -0.1) is 0 Å². The molecule has 3 heterocycles. The Kier molecular flexibility index (Phi) is 7.09. The van der Waals surface area contributed by atoms with Crippen LogP contribution in [0, 0.1) is 0 Å². The lowest BCUT2D eigenvalue weighted by Crippen LogP contribution is -2.53. The van der Waals surface area contributed by atoms with E-state index in [0.717, 1.165) is 43.8 Å². The van der Waals surface area contributed by atoms with Crippen LogP contribution in [0.15, 0.2) is 35.9 Å². The molecular weight excluding hydrogens is 372 g/mol.